The molecule has 0 heterocycles. The number of nitrogens with zero attached hydrogens (tertiary/aromatic N) is 2. The lowest BCUT2D eigenvalue weighted by Gasteiger charge is -2.12. The maximum atomic E-state index is 12.5. The number of ether oxygens (including phenoxy) is 1. The molecule has 0 aromatic heterocycles. The Balaban J connectivity index is 1.79. The van der Waals surface area contributed by atoms with Crippen molar-refractivity contribution >= 4 is 61.1 Å². The summed E-state index contributed by atoms with van der Waals surface area (Å²) >= 11 is 13.2. The van der Waals surface area contributed by atoms with E-state index in [9.17, 15) is 15.3 Å². The van der Waals surface area contributed by atoms with Crippen molar-refractivity contribution in [2.45, 2.75) is 6.61 Å². The molecule has 0 aliphatic carbocycles. The molecule has 0 bridgehead atoms. The summed E-state index contributed by atoms with van der Waals surface area (Å²) in [4.78, 5) is 12.5. The lowest BCUT2D eigenvalue weighted by Crippen LogP contribution is -2.13. The topological polar surface area (TPSA) is 85.9 Å². The standard InChI is InChI=1S/C24H14Br2ClN3O2/c25-19-6-3-7-20(11-19)30-24(31)18(13-29)8-15-9-21(26)23(22(27)10-15)32-14-17-5-2-1-4-16(17)12-28/h1-11H,14H2,(H,30,31)/b18-8-. The van der Waals surface area contributed by atoms with Gasteiger partial charge in [0.05, 0.1) is 21.1 Å². The minimum atomic E-state index is -0.536. The van der Waals surface area contributed by atoms with Crippen molar-refractivity contribution in [2.24, 2.45) is 0 Å². The largest absolute Gasteiger partial charge is 0.486 e. The molecule has 0 saturated carbocycles. The van der Waals surface area contributed by atoms with Crippen LogP contribution in [0.2, 0.25) is 5.02 Å². The summed E-state index contributed by atoms with van der Waals surface area (Å²) in [7, 11) is 0. The zero-order valence-electron chi connectivity index (χ0n) is 16.4. The molecule has 5 nitrogen and oxygen atoms in total. The van der Waals surface area contributed by atoms with Gasteiger partial charge in [-0.1, -0.05) is 51.8 Å². The van der Waals surface area contributed by atoms with E-state index in [1.54, 1.807) is 48.5 Å². The van der Waals surface area contributed by atoms with Crippen molar-refractivity contribution in [2.75, 3.05) is 5.32 Å². The Morgan fingerprint density at radius 2 is 1.88 bits per heavy atom. The molecule has 0 fully saturated rings. The zero-order valence-corrected chi connectivity index (χ0v) is 20.3. The normalized spacial score (nSPS) is 10.7. The fourth-order valence-electron chi connectivity index (χ4n) is 2.79. The lowest BCUT2D eigenvalue weighted by atomic mass is 10.1. The molecule has 8 heteroatoms. The zero-order chi connectivity index (χ0) is 23.1. The summed E-state index contributed by atoms with van der Waals surface area (Å²) in [5.74, 6) is -0.139. The highest BCUT2D eigenvalue weighted by molar-refractivity contribution is 9.10. The molecule has 0 atom stereocenters. The number of hydrogen-bond acceptors (Lipinski definition) is 4. The predicted molar refractivity (Wildman–Crippen MR) is 131 cm³/mol. The summed E-state index contributed by atoms with van der Waals surface area (Å²) < 4.78 is 7.18. The van der Waals surface area contributed by atoms with E-state index in [2.05, 4.69) is 43.2 Å². The van der Waals surface area contributed by atoms with Gasteiger partial charge in [-0.2, -0.15) is 10.5 Å². The molecule has 158 valence electrons. The van der Waals surface area contributed by atoms with Gasteiger partial charge >= 0.3 is 0 Å². The van der Waals surface area contributed by atoms with E-state index in [1.165, 1.54) is 6.08 Å². The number of nitrogens with one attached hydrogen (secondary N) is 1. The number of nitriles is 2. The summed E-state index contributed by atoms with van der Waals surface area (Å²) in [5.41, 5.74) is 2.29. The first-order valence-corrected chi connectivity index (χ1v) is 11.2. The average molecular weight is 572 g/mol. The van der Waals surface area contributed by atoms with Gasteiger partial charge in [-0.15, -0.1) is 0 Å². The Bertz CT molecular complexity index is 1270. The molecule has 0 radical (unpaired) electrons. The van der Waals surface area contributed by atoms with Gasteiger partial charge in [-0.3, -0.25) is 4.79 Å². The van der Waals surface area contributed by atoms with Crippen LogP contribution in [0.15, 0.2) is 75.2 Å². The molecule has 3 aromatic rings. The SMILES string of the molecule is N#C/C(=C/c1cc(Cl)c(OCc2ccccc2C#N)c(Br)c1)C(=O)Nc1cccc(Br)c1. The van der Waals surface area contributed by atoms with Crippen molar-refractivity contribution in [1.29, 1.82) is 10.5 Å². The van der Waals surface area contributed by atoms with Gasteiger partial charge < -0.3 is 10.1 Å². The van der Waals surface area contributed by atoms with Gasteiger partial charge in [0, 0.05) is 15.7 Å². The summed E-state index contributed by atoms with van der Waals surface area (Å²) in [6.07, 6.45) is 1.44. The molecule has 0 spiro atoms. The van der Waals surface area contributed by atoms with E-state index in [4.69, 9.17) is 16.3 Å². The molecule has 0 saturated heterocycles. The van der Waals surface area contributed by atoms with Crippen LogP contribution in [0.4, 0.5) is 5.69 Å². The minimum Gasteiger partial charge on any atom is -0.486 e. The number of carbonyl (C=O) groups excluding carboxylic acids is 1. The number of carbonyl (C=O) groups is 1. The van der Waals surface area contributed by atoms with E-state index < -0.39 is 5.91 Å². The minimum absolute atomic E-state index is 0.0791. The number of anilines is 1. The molecule has 1 N–H and O–H groups in total. The number of rotatable bonds is 6. The molecule has 32 heavy (non-hydrogen) atoms. The van der Waals surface area contributed by atoms with E-state index in [-0.39, 0.29) is 12.2 Å². The van der Waals surface area contributed by atoms with Crippen LogP contribution in [-0.4, -0.2) is 5.91 Å². The molecule has 1 amide bonds. The van der Waals surface area contributed by atoms with Crippen LogP contribution in [0, 0.1) is 22.7 Å². The first-order valence-electron chi connectivity index (χ1n) is 9.20. The second-order valence-corrected chi connectivity index (χ2v) is 8.68. The first kappa shape index (κ1) is 23.6. The first-order chi connectivity index (χ1) is 15.4. The Labute approximate surface area is 207 Å². The Hall–Kier alpha value is -3.10. The average Bonchev–Trinajstić information content (AvgIpc) is 2.77. The number of halogens is 3. The molecule has 3 rings (SSSR count). The van der Waals surface area contributed by atoms with E-state index >= 15 is 0 Å². The van der Waals surface area contributed by atoms with Crippen molar-refractivity contribution in [3.05, 3.63) is 96.9 Å². The Kier molecular flexibility index (Phi) is 8.08. The summed E-state index contributed by atoms with van der Waals surface area (Å²) in [6.45, 7) is 0.162. The molecule has 0 aliphatic rings. The Morgan fingerprint density at radius 1 is 1.09 bits per heavy atom. The van der Waals surface area contributed by atoms with E-state index in [0.717, 1.165) is 10.0 Å². The lowest BCUT2D eigenvalue weighted by molar-refractivity contribution is -0.112. The third-order valence-electron chi connectivity index (χ3n) is 4.29. The fourth-order valence-corrected chi connectivity index (χ4v) is 4.17. The van der Waals surface area contributed by atoms with Crippen LogP contribution in [0.5, 0.6) is 5.75 Å². The van der Waals surface area contributed by atoms with Gasteiger partial charge in [0.25, 0.3) is 5.91 Å². The smallest absolute Gasteiger partial charge is 0.266 e. The van der Waals surface area contributed by atoms with Crippen LogP contribution in [-0.2, 0) is 11.4 Å². The quantitative estimate of drug-likeness (QED) is 0.259. The van der Waals surface area contributed by atoms with Crippen LogP contribution in [0.1, 0.15) is 16.7 Å². The van der Waals surface area contributed by atoms with Gasteiger partial charge in [0.2, 0.25) is 0 Å². The van der Waals surface area contributed by atoms with Crippen molar-refractivity contribution in [3.63, 3.8) is 0 Å². The van der Waals surface area contributed by atoms with Crippen molar-refractivity contribution in [3.8, 4) is 17.9 Å². The second kappa shape index (κ2) is 11.0. The molecule has 3 aromatic carbocycles. The van der Waals surface area contributed by atoms with Crippen molar-refractivity contribution in [1.82, 2.24) is 0 Å². The molecule has 0 unspecified atom stereocenters. The molecular weight excluding hydrogens is 558 g/mol. The second-order valence-electron chi connectivity index (χ2n) is 6.51. The summed E-state index contributed by atoms with van der Waals surface area (Å²) in [5, 5.41) is 21.7. The van der Waals surface area contributed by atoms with Gasteiger partial charge in [0.15, 0.2) is 5.75 Å². The fraction of sp³-hybridized carbons (Fsp3) is 0.0417. The highest BCUT2D eigenvalue weighted by atomic mass is 79.9. The Morgan fingerprint density at radius 3 is 2.56 bits per heavy atom. The van der Waals surface area contributed by atoms with Gasteiger partial charge in [0.1, 0.15) is 18.2 Å². The van der Waals surface area contributed by atoms with Crippen LogP contribution < -0.4 is 10.1 Å². The van der Waals surface area contributed by atoms with Crippen LogP contribution in [0.25, 0.3) is 6.08 Å². The van der Waals surface area contributed by atoms with Crippen LogP contribution in [0.3, 0.4) is 0 Å². The maximum absolute atomic E-state index is 12.5. The molecular formula is C24H14Br2ClN3O2. The number of amides is 1. The number of benzene rings is 3. The third-order valence-corrected chi connectivity index (χ3v) is 5.65. The predicted octanol–water partition coefficient (Wildman–Crippen LogP) is 6.86. The highest BCUT2D eigenvalue weighted by Gasteiger charge is 2.14. The van der Waals surface area contributed by atoms with Gasteiger partial charge in [-0.25, -0.2) is 0 Å². The monoisotopic (exact) mass is 569 g/mol. The van der Waals surface area contributed by atoms with Crippen molar-refractivity contribution < 1.29 is 9.53 Å². The number of hydrogen-bond donors (Lipinski definition) is 1. The van der Waals surface area contributed by atoms with Gasteiger partial charge in [-0.05, 0) is 64.0 Å². The summed E-state index contributed by atoms with van der Waals surface area (Å²) in [6, 6.07) is 21.5. The molecule has 0 aliphatic heterocycles. The van der Waals surface area contributed by atoms with E-state index in [1.807, 2.05) is 18.2 Å². The van der Waals surface area contributed by atoms with Crippen LogP contribution >= 0.6 is 43.5 Å². The maximum Gasteiger partial charge on any atom is 0.266 e. The third kappa shape index (κ3) is 5.99. The highest BCUT2D eigenvalue weighted by Crippen LogP contribution is 2.36. The van der Waals surface area contributed by atoms with E-state index in [0.29, 0.717) is 32.1 Å².